The zero-order valence-electron chi connectivity index (χ0n) is 8.78. The van der Waals surface area contributed by atoms with Gasteiger partial charge in [-0.05, 0) is 7.05 Å². The fraction of sp³-hybridized carbons (Fsp3) is 0.500. The molecule has 15 heavy (non-hydrogen) atoms. The lowest BCUT2D eigenvalue weighted by atomic mass is 10.2. The summed E-state index contributed by atoms with van der Waals surface area (Å²) in [5.41, 5.74) is 6.65. The quantitative estimate of drug-likeness (QED) is 0.778. The summed E-state index contributed by atoms with van der Waals surface area (Å²) in [5, 5.41) is 0.675. The van der Waals surface area contributed by atoms with E-state index in [1.807, 2.05) is 6.07 Å². The summed E-state index contributed by atoms with van der Waals surface area (Å²) in [5.74, 6) is 0.522. The van der Waals surface area contributed by atoms with E-state index in [4.69, 9.17) is 17.3 Å². The number of pyridine rings is 1. The number of piperazine rings is 1. The Morgan fingerprint density at radius 2 is 2.00 bits per heavy atom. The second-order valence-corrected chi connectivity index (χ2v) is 4.26. The summed E-state index contributed by atoms with van der Waals surface area (Å²) < 4.78 is 0. The Morgan fingerprint density at radius 1 is 1.33 bits per heavy atom. The summed E-state index contributed by atoms with van der Waals surface area (Å²) in [7, 11) is 2.12. The van der Waals surface area contributed by atoms with Crippen LogP contribution >= 0.6 is 11.6 Å². The Balaban J connectivity index is 2.18. The number of rotatable bonds is 1. The van der Waals surface area contributed by atoms with Gasteiger partial charge >= 0.3 is 0 Å². The minimum absolute atomic E-state index is 0.522. The first kappa shape index (κ1) is 10.5. The van der Waals surface area contributed by atoms with E-state index in [1.54, 1.807) is 6.20 Å². The van der Waals surface area contributed by atoms with E-state index in [9.17, 15) is 0 Å². The Hall–Kier alpha value is -1.00. The van der Waals surface area contributed by atoms with Gasteiger partial charge in [0.1, 0.15) is 5.82 Å². The van der Waals surface area contributed by atoms with Crippen LogP contribution in [0.2, 0.25) is 5.02 Å². The van der Waals surface area contributed by atoms with Crippen molar-refractivity contribution in [2.45, 2.75) is 0 Å². The van der Waals surface area contributed by atoms with Crippen molar-refractivity contribution in [3.63, 3.8) is 0 Å². The molecule has 0 bridgehead atoms. The first-order chi connectivity index (χ1) is 7.16. The van der Waals surface area contributed by atoms with Gasteiger partial charge in [0, 0.05) is 38.4 Å². The van der Waals surface area contributed by atoms with Gasteiger partial charge in [-0.25, -0.2) is 4.98 Å². The minimum Gasteiger partial charge on any atom is -0.384 e. The summed E-state index contributed by atoms with van der Waals surface area (Å²) in [6, 6.07) is 1.84. The van der Waals surface area contributed by atoms with Crippen LogP contribution in [0.4, 0.5) is 11.5 Å². The minimum atomic E-state index is 0.522. The Labute approximate surface area is 94.6 Å². The number of anilines is 2. The second-order valence-electron chi connectivity index (χ2n) is 3.85. The van der Waals surface area contributed by atoms with Crippen molar-refractivity contribution in [3.05, 3.63) is 17.3 Å². The van der Waals surface area contributed by atoms with E-state index >= 15 is 0 Å². The fourth-order valence-corrected chi connectivity index (χ4v) is 1.96. The molecule has 1 aliphatic rings. The molecule has 2 heterocycles. The van der Waals surface area contributed by atoms with E-state index in [2.05, 4.69) is 21.8 Å². The maximum absolute atomic E-state index is 6.09. The number of hydrogen-bond acceptors (Lipinski definition) is 4. The molecule has 0 spiro atoms. The van der Waals surface area contributed by atoms with Crippen LogP contribution in [0, 0.1) is 0 Å². The molecule has 1 fully saturated rings. The molecule has 5 heteroatoms. The van der Waals surface area contributed by atoms with Gasteiger partial charge in [-0.1, -0.05) is 11.6 Å². The van der Waals surface area contributed by atoms with Gasteiger partial charge in [0.25, 0.3) is 0 Å². The number of nitrogens with two attached hydrogens (primary N) is 1. The highest BCUT2D eigenvalue weighted by Crippen LogP contribution is 2.27. The molecule has 0 aliphatic carbocycles. The van der Waals surface area contributed by atoms with Gasteiger partial charge in [-0.2, -0.15) is 0 Å². The fourth-order valence-electron chi connectivity index (χ4n) is 1.73. The average molecular weight is 227 g/mol. The lowest BCUT2D eigenvalue weighted by molar-refractivity contribution is 0.313. The molecule has 82 valence electrons. The van der Waals surface area contributed by atoms with Crippen molar-refractivity contribution < 1.29 is 0 Å². The van der Waals surface area contributed by atoms with Gasteiger partial charge in [0.15, 0.2) is 0 Å². The highest BCUT2D eigenvalue weighted by atomic mass is 35.5. The topological polar surface area (TPSA) is 45.4 Å². The van der Waals surface area contributed by atoms with E-state index in [-0.39, 0.29) is 0 Å². The lowest BCUT2D eigenvalue weighted by Crippen LogP contribution is -2.44. The highest BCUT2D eigenvalue weighted by molar-refractivity contribution is 6.33. The zero-order valence-corrected chi connectivity index (χ0v) is 9.54. The van der Waals surface area contributed by atoms with Gasteiger partial charge in [-0.15, -0.1) is 0 Å². The van der Waals surface area contributed by atoms with Crippen molar-refractivity contribution in [1.82, 2.24) is 9.88 Å². The SMILES string of the molecule is CN1CCN(c2cc(N)ncc2Cl)CC1. The van der Waals surface area contributed by atoms with E-state index in [0.717, 1.165) is 31.9 Å². The van der Waals surface area contributed by atoms with Crippen LogP contribution in [0.1, 0.15) is 0 Å². The smallest absolute Gasteiger partial charge is 0.125 e. The first-order valence-corrected chi connectivity index (χ1v) is 5.39. The molecule has 1 aliphatic heterocycles. The van der Waals surface area contributed by atoms with Gasteiger partial charge in [0.2, 0.25) is 0 Å². The Morgan fingerprint density at radius 3 is 2.67 bits per heavy atom. The second kappa shape index (κ2) is 4.24. The summed E-state index contributed by atoms with van der Waals surface area (Å²) >= 11 is 6.09. The number of nitrogen functional groups attached to an aromatic ring is 1. The first-order valence-electron chi connectivity index (χ1n) is 5.01. The van der Waals surface area contributed by atoms with E-state index in [0.29, 0.717) is 10.8 Å². The van der Waals surface area contributed by atoms with Crippen LogP contribution in [0.15, 0.2) is 12.3 Å². The largest absolute Gasteiger partial charge is 0.384 e. The highest BCUT2D eigenvalue weighted by Gasteiger charge is 2.16. The molecule has 2 rings (SSSR count). The van der Waals surface area contributed by atoms with Crippen LogP contribution in [0.3, 0.4) is 0 Å². The summed E-state index contributed by atoms with van der Waals surface area (Å²) in [6.07, 6.45) is 1.62. The Kier molecular flexibility index (Phi) is 2.98. The third-order valence-corrected chi connectivity index (χ3v) is 2.99. The molecule has 1 saturated heterocycles. The van der Waals surface area contributed by atoms with Gasteiger partial charge in [-0.3, -0.25) is 0 Å². The molecule has 0 radical (unpaired) electrons. The molecule has 0 aromatic carbocycles. The monoisotopic (exact) mass is 226 g/mol. The van der Waals surface area contributed by atoms with E-state index < -0.39 is 0 Å². The number of nitrogens with zero attached hydrogens (tertiary/aromatic N) is 3. The van der Waals surface area contributed by atoms with Crippen molar-refractivity contribution in [2.24, 2.45) is 0 Å². The van der Waals surface area contributed by atoms with Crippen molar-refractivity contribution in [1.29, 1.82) is 0 Å². The van der Waals surface area contributed by atoms with Crippen LogP contribution in [-0.4, -0.2) is 43.1 Å². The molecular weight excluding hydrogens is 212 g/mol. The molecule has 2 N–H and O–H groups in total. The third-order valence-electron chi connectivity index (χ3n) is 2.70. The maximum Gasteiger partial charge on any atom is 0.125 e. The lowest BCUT2D eigenvalue weighted by Gasteiger charge is -2.34. The predicted molar refractivity (Wildman–Crippen MR) is 63.4 cm³/mol. The Bertz CT molecular complexity index is 347. The number of likely N-dealkylation sites (N-methyl/N-ethyl adjacent to an activating group) is 1. The van der Waals surface area contributed by atoms with Crippen molar-refractivity contribution >= 4 is 23.1 Å². The van der Waals surface area contributed by atoms with Crippen molar-refractivity contribution in [2.75, 3.05) is 43.9 Å². The van der Waals surface area contributed by atoms with Crippen molar-refractivity contribution in [3.8, 4) is 0 Å². The normalized spacial score (nSPS) is 18.1. The molecular formula is C10H15ClN4. The standard InChI is InChI=1S/C10H15ClN4/c1-14-2-4-15(5-3-14)9-6-10(12)13-7-8(9)11/h6-7H,2-5H2,1H3,(H2,12,13). The van der Waals surface area contributed by atoms with Crippen LogP contribution in [-0.2, 0) is 0 Å². The summed E-state index contributed by atoms with van der Waals surface area (Å²) in [6.45, 7) is 4.08. The number of hydrogen-bond donors (Lipinski definition) is 1. The molecule has 0 unspecified atom stereocenters. The zero-order chi connectivity index (χ0) is 10.8. The van der Waals surface area contributed by atoms with Crippen LogP contribution in [0.25, 0.3) is 0 Å². The van der Waals surface area contributed by atoms with Gasteiger partial charge < -0.3 is 15.5 Å². The van der Waals surface area contributed by atoms with Gasteiger partial charge in [0.05, 0.1) is 10.7 Å². The number of aromatic nitrogens is 1. The number of halogens is 1. The molecule has 1 aromatic heterocycles. The third kappa shape index (κ3) is 2.33. The average Bonchev–Trinajstić information content (AvgIpc) is 2.23. The maximum atomic E-state index is 6.09. The molecule has 0 saturated carbocycles. The predicted octanol–water partition coefficient (Wildman–Crippen LogP) is 1.07. The van der Waals surface area contributed by atoms with E-state index in [1.165, 1.54) is 0 Å². The molecule has 1 aromatic rings. The molecule has 0 amide bonds. The summed E-state index contributed by atoms with van der Waals surface area (Å²) in [4.78, 5) is 8.51. The van der Waals surface area contributed by atoms with Crippen LogP contribution in [0.5, 0.6) is 0 Å². The molecule has 0 atom stereocenters. The molecule has 4 nitrogen and oxygen atoms in total. The van der Waals surface area contributed by atoms with Crippen LogP contribution < -0.4 is 10.6 Å².